The molecule has 24 heavy (non-hydrogen) atoms. The second-order valence-corrected chi connectivity index (χ2v) is 6.98. The Bertz CT molecular complexity index is 823. The van der Waals surface area contributed by atoms with Gasteiger partial charge in [-0.05, 0) is 36.6 Å². The number of para-hydroxylation sites is 3. The summed E-state index contributed by atoms with van der Waals surface area (Å²) in [4.78, 5) is 2.03. The number of hydrogen-bond donors (Lipinski definition) is 0. The van der Waals surface area contributed by atoms with Crippen LogP contribution in [-0.2, 0) is 16.5 Å². The predicted octanol–water partition coefficient (Wildman–Crippen LogP) is 0.432. The van der Waals surface area contributed by atoms with Crippen LogP contribution in [0.15, 0.2) is 42.5 Å². The van der Waals surface area contributed by atoms with E-state index in [4.69, 9.17) is 4.74 Å². The van der Waals surface area contributed by atoms with Crippen molar-refractivity contribution in [3.63, 3.8) is 0 Å². The molecular formula is C17H18NNaO4S. The minimum atomic E-state index is -4.20. The van der Waals surface area contributed by atoms with E-state index < -0.39 is 10.1 Å². The van der Waals surface area contributed by atoms with Gasteiger partial charge < -0.3 is 14.2 Å². The number of fused-ring (bicyclic) bond motifs is 2. The Labute approximate surface area is 164 Å². The molecule has 1 aliphatic heterocycles. The molecule has 0 atom stereocenters. The van der Waals surface area contributed by atoms with Gasteiger partial charge in [0.25, 0.3) is 0 Å². The normalized spacial score (nSPS) is 12.7. The van der Waals surface area contributed by atoms with Gasteiger partial charge in [0, 0.05) is 12.3 Å². The zero-order chi connectivity index (χ0) is 16.4. The van der Waals surface area contributed by atoms with E-state index in [9.17, 15) is 13.0 Å². The van der Waals surface area contributed by atoms with E-state index in [0.717, 1.165) is 34.9 Å². The van der Waals surface area contributed by atoms with Gasteiger partial charge >= 0.3 is 29.6 Å². The molecule has 2 aromatic carbocycles. The van der Waals surface area contributed by atoms with Crippen LogP contribution >= 0.6 is 0 Å². The van der Waals surface area contributed by atoms with Gasteiger partial charge in [-0.3, -0.25) is 0 Å². The maximum atomic E-state index is 10.9. The zero-order valence-electron chi connectivity index (χ0n) is 13.9. The van der Waals surface area contributed by atoms with Gasteiger partial charge in [-0.1, -0.05) is 31.2 Å². The van der Waals surface area contributed by atoms with Crippen LogP contribution in [0.4, 0.5) is 11.4 Å². The van der Waals surface area contributed by atoms with Crippen molar-refractivity contribution in [1.29, 1.82) is 0 Å². The molecule has 0 unspecified atom stereocenters. The first-order valence-electron chi connectivity index (χ1n) is 7.59. The topological polar surface area (TPSA) is 69.7 Å². The van der Waals surface area contributed by atoms with Crippen molar-refractivity contribution in [2.45, 2.75) is 19.8 Å². The number of hydrogen-bond acceptors (Lipinski definition) is 5. The number of rotatable bonds is 5. The maximum absolute atomic E-state index is 10.9. The summed E-state index contributed by atoms with van der Waals surface area (Å²) in [6.07, 6.45) is 1.12. The van der Waals surface area contributed by atoms with Crippen LogP contribution in [0.3, 0.4) is 0 Å². The monoisotopic (exact) mass is 355 g/mol. The van der Waals surface area contributed by atoms with Crippen molar-refractivity contribution in [3.8, 4) is 11.5 Å². The minimum absolute atomic E-state index is 0. The number of ether oxygens (including phenoxy) is 1. The molecule has 0 fully saturated rings. The van der Waals surface area contributed by atoms with Crippen LogP contribution in [0.2, 0.25) is 0 Å². The first-order chi connectivity index (χ1) is 11.0. The van der Waals surface area contributed by atoms with Crippen LogP contribution < -0.4 is 39.2 Å². The Balaban J connectivity index is 0.00000208. The summed E-state index contributed by atoms with van der Waals surface area (Å²) in [5.41, 5.74) is 2.89. The SMILES string of the molecule is CCc1cccc2c1Oc1ccccc1N2CCCS(=O)(=O)[O-].[Na+]. The molecule has 0 aliphatic carbocycles. The molecular weight excluding hydrogens is 337 g/mol. The molecule has 3 rings (SSSR count). The maximum Gasteiger partial charge on any atom is 1.00 e. The summed E-state index contributed by atoms with van der Waals surface area (Å²) < 4.78 is 38.7. The Kier molecular flexibility index (Phi) is 6.33. The van der Waals surface area contributed by atoms with E-state index in [1.165, 1.54) is 0 Å². The molecule has 0 amide bonds. The largest absolute Gasteiger partial charge is 1.00 e. The fourth-order valence-electron chi connectivity index (χ4n) is 2.83. The molecule has 122 valence electrons. The van der Waals surface area contributed by atoms with Crippen LogP contribution in [0.5, 0.6) is 11.5 Å². The quantitative estimate of drug-likeness (QED) is 0.575. The summed E-state index contributed by atoms with van der Waals surface area (Å²) in [7, 11) is -4.20. The third-order valence-corrected chi connectivity index (χ3v) is 4.68. The van der Waals surface area contributed by atoms with Gasteiger partial charge in [-0.25, -0.2) is 8.42 Å². The number of nitrogens with zero attached hydrogens (tertiary/aromatic N) is 1. The minimum Gasteiger partial charge on any atom is -0.748 e. The zero-order valence-corrected chi connectivity index (χ0v) is 16.7. The van der Waals surface area contributed by atoms with Gasteiger partial charge in [0.1, 0.15) is 0 Å². The molecule has 0 spiro atoms. The fraction of sp³-hybridized carbons (Fsp3) is 0.294. The third kappa shape index (κ3) is 4.13. The van der Waals surface area contributed by atoms with E-state index in [-0.39, 0.29) is 41.7 Å². The molecule has 0 saturated carbocycles. The molecule has 2 aromatic rings. The second-order valence-electron chi connectivity index (χ2n) is 5.46. The van der Waals surface area contributed by atoms with Crippen LogP contribution in [0, 0.1) is 0 Å². The van der Waals surface area contributed by atoms with Crippen LogP contribution in [0.1, 0.15) is 18.9 Å². The van der Waals surface area contributed by atoms with Gasteiger partial charge in [0.15, 0.2) is 11.5 Å². The predicted molar refractivity (Wildman–Crippen MR) is 88.5 cm³/mol. The Hall–Kier alpha value is -1.05. The van der Waals surface area contributed by atoms with Crippen LogP contribution in [-0.4, -0.2) is 25.3 Å². The summed E-state index contributed by atoms with van der Waals surface area (Å²) >= 11 is 0. The number of anilines is 2. The average molecular weight is 355 g/mol. The van der Waals surface area contributed by atoms with Crippen LogP contribution in [0.25, 0.3) is 0 Å². The number of benzene rings is 2. The van der Waals surface area contributed by atoms with E-state index >= 15 is 0 Å². The van der Waals surface area contributed by atoms with E-state index in [1.807, 2.05) is 47.4 Å². The molecule has 5 nitrogen and oxygen atoms in total. The summed E-state index contributed by atoms with van der Waals surface area (Å²) in [6.45, 7) is 2.51. The first kappa shape index (κ1) is 19.3. The molecule has 0 radical (unpaired) electrons. The molecule has 7 heteroatoms. The van der Waals surface area contributed by atoms with E-state index in [1.54, 1.807) is 0 Å². The molecule has 1 aliphatic rings. The average Bonchev–Trinajstić information content (AvgIpc) is 2.52. The van der Waals surface area contributed by atoms with E-state index in [0.29, 0.717) is 6.54 Å². The smallest absolute Gasteiger partial charge is 0.748 e. The van der Waals surface area contributed by atoms with Crippen molar-refractivity contribution in [3.05, 3.63) is 48.0 Å². The summed E-state index contributed by atoms with van der Waals surface area (Å²) in [5.74, 6) is 1.18. The summed E-state index contributed by atoms with van der Waals surface area (Å²) in [5, 5.41) is 0. The second kappa shape index (κ2) is 7.89. The van der Waals surface area contributed by atoms with Crippen molar-refractivity contribution in [2.24, 2.45) is 0 Å². The first-order valence-corrected chi connectivity index (χ1v) is 9.17. The molecule has 0 saturated heterocycles. The van der Waals surface area contributed by atoms with Gasteiger partial charge in [-0.15, -0.1) is 0 Å². The summed E-state index contributed by atoms with van der Waals surface area (Å²) in [6, 6.07) is 13.6. The fourth-order valence-corrected chi connectivity index (χ4v) is 3.31. The van der Waals surface area contributed by atoms with Gasteiger partial charge in [0.2, 0.25) is 0 Å². The van der Waals surface area contributed by atoms with Crippen molar-refractivity contribution in [1.82, 2.24) is 0 Å². The van der Waals surface area contributed by atoms with Crippen molar-refractivity contribution in [2.75, 3.05) is 17.2 Å². The Morgan fingerprint density at radius 1 is 1.08 bits per heavy atom. The molecule has 0 bridgehead atoms. The Morgan fingerprint density at radius 2 is 1.79 bits per heavy atom. The van der Waals surface area contributed by atoms with Gasteiger partial charge in [0.05, 0.1) is 21.5 Å². The van der Waals surface area contributed by atoms with Gasteiger partial charge in [-0.2, -0.15) is 0 Å². The molecule has 1 heterocycles. The standard InChI is InChI=1S/C17H19NO4S.Na/c1-2-13-7-5-9-15-17(13)22-16-10-4-3-8-14(16)18(15)11-6-12-23(19,20)21;/h3-5,7-10H,2,6,11-12H2,1H3,(H,19,20,21);/q;+1/p-1. The molecule has 0 aromatic heterocycles. The number of aryl methyl sites for hydroxylation is 1. The third-order valence-electron chi connectivity index (χ3n) is 3.89. The van der Waals surface area contributed by atoms with E-state index in [2.05, 4.69) is 6.92 Å². The van der Waals surface area contributed by atoms with Crippen molar-refractivity contribution >= 4 is 21.5 Å². The van der Waals surface area contributed by atoms with Crippen molar-refractivity contribution < 1.29 is 47.3 Å². The molecule has 0 N–H and O–H groups in total. The Morgan fingerprint density at radius 3 is 2.50 bits per heavy atom.